The molecule has 0 spiro atoms. The van der Waals surface area contributed by atoms with E-state index in [0.717, 1.165) is 93.9 Å². The number of hydrogen-bond acceptors (Lipinski definition) is 5. The van der Waals surface area contributed by atoms with Crippen molar-refractivity contribution >= 4 is 43.9 Å². The smallest absolute Gasteiger partial charge is 0.167 e. The highest BCUT2D eigenvalue weighted by Gasteiger charge is 2.20. The van der Waals surface area contributed by atoms with Gasteiger partial charge in [0.15, 0.2) is 17.5 Å². The molecule has 56 heavy (non-hydrogen) atoms. The number of aromatic nitrogens is 3. The van der Waals surface area contributed by atoms with Gasteiger partial charge in [-0.15, -0.1) is 0 Å². The molecule has 0 saturated heterocycles. The Bertz CT molecular complexity index is 3240. The molecule has 3 heterocycles. The molecule has 0 amide bonds. The summed E-state index contributed by atoms with van der Waals surface area (Å²) in [6.07, 6.45) is 0. The molecule has 11 rings (SSSR count). The van der Waals surface area contributed by atoms with Crippen LogP contribution in [0.4, 0.5) is 0 Å². The number of hydrogen-bond donors (Lipinski definition) is 0. The first kappa shape index (κ1) is 31.9. The van der Waals surface area contributed by atoms with Crippen molar-refractivity contribution in [3.05, 3.63) is 188 Å². The lowest BCUT2D eigenvalue weighted by Gasteiger charge is -2.10. The summed E-state index contributed by atoms with van der Waals surface area (Å²) in [7, 11) is 0. The highest BCUT2D eigenvalue weighted by molar-refractivity contribution is 6.14. The minimum Gasteiger partial charge on any atom is -0.456 e. The lowest BCUT2D eigenvalue weighted by Crippen LogP contribution is -2.00. The third kappa shape index (κ3) is 5.45. The second-order valence-electron chi connectivity index (χ2n) is 14.0. The van der Waals surface area contributed by atoms with Gasteiger partial charge in [0.1, 0.15) is 22.3 Å². The number of benzene rings is 8. The van der Waals surface area contributed by atoms with E-state index in [1.165, 1.54) is 0 Å². The van der Waals surface area contributed by atoms with Gasteiger partial charge >= 0.3 is 0 Å². The van der Waals surface area contributed by atoms with Crippen LogP contribution in [0.15, 0.2) is 197 Å². The topological polar surface area (TPSA) is 65.0 Å². The number of fused-ring (bicyclic) bond motifs is 6. The maximum atomic E-state index is 6.79. The van der Waals surface area contributed by atoms with Crippen LogP contribution in [0.1, 0.15) is 0 Å². The SMILES string of the molecule is c1ccc(-c2cccc(-c3nc(-c4ccccc4)nc(-c4cccc5c4oc4cc(-c6cc(-c7ccccc7)c7c(c6)oc6ccccc67)ccc45)n3)c2)cc1. The Kier molecular flexibility index (Phi) is 7.42. The molecule has 5 nitrogen and oxygen atoms in total. The number of rotatable bonds is 6. The molecule has 3 aromatic heterocycles. The zero-order valence-corrected chi connectivity index (χ0v) is 30.1. The number of nitrogens with zero attached hydrogens (tertiary/aromatic N) is 3. The molecule has 0 unspecified atom stereocenters. The van der Waals surface area contributed by atoms with Crippen molar-refractivity contribution in [3.63, 3.8) is 0 Å². The lowest BCUT2D eigenvalue weighted by atomic mass is 9.94. The summed E-state index contributed by atoms with van der Waals surface area (Å²) in [4.78, 5) is 15.2. The Balaban J connectivity index is 1.07. The van der Waals surface area contributed by atoms with Crippen LogP contribution in [-0.4, -0.2) is 15.0 Å². The minimum atomic E-state index is 0.548. The molecule has 0 fully saturated rings. The predicted molar refractivity (Wildman–Crippen MR) is 227 cm³/mol. The lowest BCUT2D eigenvalue weighted by molar-refractivity contribution is 0.668. The maximum Gasteiger partial charge on any atom is 0.167 e. The normalized spacial score (nSPS) is 11.6. The van der Waals surface area contributed by atoms with E-state index in [2.05, 4.69) is 121 Å². The molecule has 0 radical (unpaired) electrons. The first-order chi connectivity index (χ1) is 27.7. The summed E-state index contributed by atoms with van der Waals surface area (Å²) in [5.41, 5.74) is 12.4. The van der Waals surface area contributed by atoms with Gasteiger partial charge in [-0.25, -0.2) is 15.0 Å². The molecule has 262 valence electrons. The molecule has 0 aliphatic heterocycles. The van der Waals surface area contributed by atoms with Gasteiger partial charge in [-0.2, -0.15) is 0 Å². The van der Waals surface area contributed by atoms with E-state index in [0.29, 0.717) is 17.5 Å². The van der Waals surface area contributed by atoms with Crippen molar-refractivity contribution in [3.8, 4) is 67.5 Å². The van der Waals surface area contributed by atoms with E-state index in [9.17, 15) is 0 Å². The molecule has 11 aromatic rings. The summed E-state index contributed by atoms with van der Waals surface area (Å²) < 4.78 is 13.2. The van der Waals surface area contributed by atoms with Crippen LogP contribution in [0.5, 0.6) is 0 Å². The van der Waals surface area contributed by atoms with Gasteiger partial charge in [0, 0.05) is 32.7 Å². The third-order valence-electron chi connectivity index (χ3n) is 10.5. The fraction of sp³-hybridized carbons (Fsp3) is 0. The first-order valence-corrected chi connectivity index (χ1v) is 18.7. The predicted octanol–water partition coefficient (Wildman–Crippen LogP) is 13.7. The highest BCUT2D eigenvalue weighted by Crippen LogP contribution is 2.42. The first-order valence-electron chi connectivity index (χ1n) is 18.7. The fourth-order valence-corrected chi connectivity index (χ4v) is 7.83. The second-order valence-corrected chi connectivity index (χ2v) is 14.0. The molecular weight excluding hydrogens is 687 g/mol. The Morgan fingerprint density at radius 2 is 0.875 bits per heavy atom. The quantitative estimate of drug-likeness (QED) is 0.171. The third-order valence-corrected chi connectivity index (χ3v) is 10.5. The largest absolute Gasteiger partial charge is 0.456 e. The van der Waals surface area contributed by atoms with E-state index in [1.54, 1.807) is 0 Å². The van der Waals surface area contributed by atoms with E-state index in [1.807, 2.05) is 66.7 Å². The van der Waals surface area contributed by atoms with Crippen LogP contribution in [0, 0.1) is 0 Å². The zero-order valence-electron chi connectivity index (χ0n) is 30.1. The molecule has 0 atom stereocenters. The van der Waals surface area contributed by atoms with Crippen molar-refractivity contribution in [2.45, 2.75) is 0 Å². The van der Waals surface area contributed by atoms with Crippen molar-refractivity contribution in [2.75, 3.05) is 0 Å². The van der Waals surface area contributed by atoms with Gasteiger partial charge in [0.05, 0.1) is 5.56 Å². The zero-order chi connectivity index (χ0) is 37.0. The summed E-state index contributed by atoms with van der Waals surface area (Å²) in [5.74, 6) is 1.74. The van der Waals surface area contributed by atoms with E-state index < -0.39 is 0 Å². The maximum absolute atomic E-state index is 6.79. The van der Waals surface area contributed by atoms with E-state index in [4.69, 9.17) is 23.8 Å². The summed E-state index contributed by atoms with van der Waals surface area (Å²) in [6.45, 7) is 0. The monoisotopic (exact) mass is 717 g/mol. The Labute approximate surface area is 322 Å². The van der Waals surface area contributed by atoms with Crippen LogP contribution in [0.2, 0.25) is 0 Å². The standard InChI is InChI=1S/C51H31N3O2/c1-4-14-32(15-5-1)35-20-12-21-37(28-35)50-52-49(34-18-8-3-9-19-34)53-51(54-50)42-24-13-23-40-39-27-26-36(30-45(39)56-48(40)42)38-29-43(33-16-6-2-7-17-33)47-41-22-10-11-25-44(41)55-46(47)31-38/h1-31H. The van der Waals surface area contributed by atoms with Crippen molar-refractivity contribution in [1.82, 2.24) is 15.0 Å². The average molecular weight is 718 g/mol. The summed E-state index contributed by atoms with van der Waals surface area (Å²) in [6, 6.07) is 64.5. The summed E-state index contributed by atoms with van der Waals surface area (Å²) in [5, 5.41) is 4.24. The van der Waals surface area contributed by atoms with Crippen LogP contribution in [0.3, 0.4) is 0 Å². The van der Waals surface area contributed by atoms with Crippen LogP contribution in [-0.2, 0) is 0 Å². The highest BCUT2D eigenvalue weighted by atomic mass is 16.3. The molecule has 0 N–H and O–H groups in total. The van der Waals surface area contributed by atoms with E-state index >= 15 is 0 Å². The molecule has 0 saturated carbocycles. The van der Waals surface area contributed by atoms with Gasteiger partial charge in [0.2, 0.25) is 0 Å². The second kappa shape index (κ2) is 13.0. The average Bonchev–Trinajstić information content (AvgIpc) is 3.85. The Morgan fingerprint density at radius 3 is 1.68 bits per heavy atom. The van der Waals surface area contributed by atoms with Crippen molar-refractivity contribution in [2.24, 2.45) is 0 Å². The molecular formula is C51H31N3O2. The Morgan fingerprint density at radius 1 is 0.286 bits per heavy atom. The summed E-state index contributed by atoms with van der Waals surface area (Å²) >= 11 is 0. The number of para-hydroxylation sites is 2. The van der Waals surface area contributed by atoms with Crippen LogP contribution in [0.25, 0.3) is 111 Å². The van der Waals surface area contributed by atoms with Crippen LogP contribution < -0.4 is 0 Å². The number of furan rings is 2. The minimum absolute atomic E-state index is 0.548. The molecule has 0 bridgehead atoms. The van der Waals surface area contributed by atoms with Crippen LogP contribution >= 0.6 is 0 Å². The molecule has 5 heteroatoms. The Hall–Kier alpha value is -7.63. The fourth-order valence-electron chi connectivity index (χ4n) is 7.83. The molecule has 0 aliphatic carbocycles. The van der Waals surface area contributed by atoms with Gasteiger partial charge in [-0.3, -0.25) is 0 Å². The van der Waals surface area contributed by atoms with Gasteiger partial charge in [-0.1, -0.05) is 146 Å². The molecule has 8 aromatic carbocycles. The van der Waals surface area contributed by atoms with E-state index in [-0.39, 0.29) is 0 Å². The van der Waals surface area contributed by atoms with Gasteiger partial charge in [0.25, 0.3) is 0 Å². The van der Waals surface area contributed by atoms with Gasteiger partial charge < -0.3 is 8.83 Å². The van der Waals surface area contributed by atoms with Crippen molar-refractivity contribution in [1.29, 1.82) is 0 Å². The molecule has 0 aliphatic rings. The van der Waals surface area contributed by atoms with Gasteiger partial charge in [-0.05, 0) is 75.8 Å². The van der Waals surface area contributed by atoms with Crippen molar-refractivity contribution < 1.29 is 8.83 Å².